The van der Waals surface area contributed by atoms with Crippen LogP contribution < -0.4 is 10.5 Å². The average molecular weight is 308 g/mol. The van der Waals surface area contributed by atoms with Gasteiger partial charge in [0.25, 0.3) is 0 Å². The maximum atomic E-state index is 9.37. The molecule has 0 spiro atoms. The molecule has 0 amide bonds. The van der Waals surface area contributed by atoms with Gasteiger partial charge in [0.15, 0.2) is 0 Å². The second kappa shape index (κ2) is 7.46. The van der Waals surface area contributed by atoms with Gasteiger partial charge in [-0.3, -0.25) is 0 Å². The molecule has 0 heterocycles. The van der Waals surface area contributed by atoms with Crippen LogP contribution in [0.25, 0.3) is 0 Å². The molecule has 0 aromatic heterocycles. The van der Waals surface area contributed by atoms with E-state index >= 15 is 0 Å². The summed E-state index contributed by atoms with van der Waals surface area (Å²) >= 11 is 0. The van der Waals surface area contributed by atoms with Gasteiger partial charge in [-0.05, 0) is 29.8 Å². The highest BCUT2D eigenvalue weighted by Gasteiger charge is 2.26. The van der Waals surface area contributed by atoms with Crippen molar-refractivity contribution in [2.24, 2.45) is 11.1 Å². The van der Waals surface area contributed by atoms with Crippen molar-refractivity contribution in [3.63, 3.8) is 0 Å². The highest BCUT2D eigenvalue weighted by molar-refractivity contribution is 5.85. The number of para-hydroxylation sites is 1. The normalized spacial score (nSPS) is 12.4. The fourth-order valence-electron chi connectivity index (χ4n) is 1.92. The first-order valence-corrected chi connectivity index (χ1v) is 6.72. The lowest BCUT2D eigenvalue weighted by Gasteiger charge is -2.29. The first kappa shape index (κ1) is 17.5. The Morgan fingerprint density at radius 2 is 1.52 bits per heavy atom. The first-order chi connectivity index (χ1) is 9.53. The van der Waals surface area contributed by atoms with E-state index in [0.717, 1.165) is 17.1 Å². The molecule has 0 unspecified atom stereocenters. The van der Waals surface area contributed by atoms with Crippen molar-refractivity contribution >= 4 is 12.4 Å². The van der Waals surface area contributed by atoms with Crippen LogP contribution in [-0.4, -0.2) is 11.7 Å². The topological polar surface area (TPSA) is 55.5 Å². The van der Waals surface area contributed by atoms with Gasteiger partial charge in [-0.2, -0.15) is 0 Å². The number of benzene rings is 2. The summed E-state index contributed by atoms with van der Waals surface area (Å²) in [4.78, 5) is 0. The fraction of sp³-hybridized carbons (Fsp3) is 0.294. The molecule has 21 heavy (non-hydrogen) atoms. The van der Waals surface area contributed by atoms with E-state index in [0.29, 0.717) is 0 Å². The monoisotopic (exact) mass is 307 g/mol. The first-order valence-electron chi connectivity index (χ1n) is 6.72. The van der Waals surface area contributed by atoms with Crippen LogP contribution in [0.2, 0.25) is 0 Å². The SMILES string of the molecule is CC(C)(CO)[C@@H](N)c1ccc(Oc2ccccc2)cc1.Cl. The Labute approximate surface area is 132 Å². The molecule has 3 N–H and O–H groups in total. The summed E-state index contributed by atoms with van der Waals surface area (Å²) in [6.45, 7) is 3.95. The second-order valence-corrected chi connectivity index (χ2v) is 5.61. The average Bonchev–Trinajstić information content (AvgIpc) is 2.48. The third-order valence-electron chi connectivity index (χ3n) is 3.47. The van der Waals surface area contributed by atoms with E-state index in [4.69, 9.17) is 10.5 Å². The zero-order chi connectivity index (χ0) is 14.6. The molecule has 2 aromatic carbocycles. The molecule has 0 bridgehead atoms. The van der Waals surface area contributed by atoms with Crippen molar-refractivity contribution in [3.05, 3.63) is 60.2 Å². The number of halogens is 1. The van der Waals surface area contributed by atoms with Crippen LogP contribution in [0.5, 0.6) is 11.5 Å². The Morgan fingerprint density at radius 1 is 1.00 bits per heavy atom. The van der Waals surface area contributed by atoms with E-state index in [1.807, 2.05) is 68.4 Å². The van der Waals surface area contributed by atoms with E-state index in [1.54, 1.807) is 0 Å². The van der Waals surface area contributed by atoms with E-state index < -0.39 is 0 Å². The summed E-state index contributed by atoms with van der Waals surface area (Å²) in [5, 5.41) is 9.37. The molecule has 0 saturated heterocycles. The zero-order valence-corrected chi connectivity index (χ0v) is 13.1. The summed E-state index contributed by atoms with van der Waals surface area (Å²) in [5.74, 6) is 1.58. The lowest BCUT2D eigenvalue weighted by atomic mass is 9.82. The lowest BCUT2D eigenvalue weighted by molar-refractivity contribution is 0.132. The highest BCUT2D eigenvalue weighted by Crippen LogP contribution is 2.32. The van der Waals surface area contributed by atoms with Gasteiger partial charge >= 0.3 is 0 Å². The van der Waals surface area contributed by atoms with Crippen molar-refractivity contribution in [1.82, 2.24) is 0 Å². The van der Waals surface area contributed by atoms with Crippen molar-refractivity contribution < 1.29 is 9.84 Å². The molecule has 4 heteroatoms. The molecule has 2 aromatic rings. The molecule has 0 saturated carbocycles. The van der Waals surface area contributed by atoms with Crippen molar-refractivity contribution in [1.29, 1.82) is 0 Å². The Hall–Kier alpha value is -1.55. The van der Waals surface area contributed by atoms with Crippen LogP contribution in [0.1, 0.15) is 25.5 Å². The minimum atomic E-state index is -0.345. The Bertz CT molecular complexity index is 540. The summed E-state index contributed by atoms with van der Waals surface area (Å²) in [7, 11) is 0. The van der Waals surface area contributed by atoms with E-state index in [2.05, 4.69) is 0 Å². The maximum absolute atomic E-state index is 9.37. The van der Waals surface area contributed by atoms with Crippen LogP contribution >= 0.6 is 12.4 Å². The van der Waals surface area contributed by atoms with E-state index in [9.17, 15) is 5.11 Å². The van der Waals surface area contributed by atoms with E-state index in [1.165, 1.54) is 0 Å². The summed E-state index contributed by atoms with van der Waals surface area (Å²) in [5.41, 5.74) is 6.83. The predicted octanol–water partition coefficient (Wildman–Crippen LogP) is 3.92. The molecule has 0 aliphatic heterocycles. The molecular formula is C17H22ClNO2. The van der Waals surface area contributed by atoms with Gasteiger partial charge in [-0.15, -0.1) is 12.4 Å². The molecule has 114 valence electrons. The summed E-state index contributed by atoms with van der Waals surface area (Å²) in [6.07, 6.45) is 0. The Balaban J connectivity index is 0.00000220. The standard InChI is InChI=1S/C17H21NO2.ClH/c1-17(2,12-19)16(18)13-8-10-15(11-9-13)20-14-6-4-3-5-7-14;/h3-11,16,19H,12,18H2,1-2H3;1H/t16-;/m0./s1. The number of rotatable bonds is 5. The molecule has 3 nitrogen and oxygen atoms in total. The van der Waals surface area contributed by atoms with Gasteiger partial charge in [0.2, 0.25) is 0 Å². The number of nitrogens with two attached hydrogens (primary N) is 1. The minimum Gasteiger partial charge on any atom is -0.457 e. The van der Waals surface area contributed by atoms with Crippen LogP contribution in [-0.2, 0) is 0 Å². The van der Waals surface area contributed by atoms with Crippen LogP contribution in [0.4, 0.5) is 0 Å². The van der Waals surface area contributed by atoms with Crippen LogP contribution in [0, 0.1) is 5.41 Å². The smallest absolute Gasteiger partial charge is 0.127 e. The van der Waals surface area contributed by atoms with Gasteiger partial charge in [0.05, 0.1) is 0 Å². The molecule has 2 rings (SSSR count). The zero-order valence-electron chi connectivity index (χ0n) is 12.3. The maximum Gasteiger partial charge on any atom is 0.127 e. The number of hydrogen-bond donors (Lipinski definition) is 2. The van der Waals surface area contributed by atoms with Gasteiger partial charge in [0.1, 0.15) is 11.5 Å². The number of aliphatic hydroxyl groups excluding tert-OH is 1. The van der Waals surface area contributed by atoms with Gasteiger partial charge in [-0.1, -0.05) is 44.2 Å². The molecular weight excluding hydrogens is 286 g/mol. The number of hydrogen-bond acceptors (Lipinski definition) is 3. The van der Waals surface area contributed by atoms with Crippen molar-refractivity contribution in [2.75, 3.05) is 6.61 Å². The van der Waals surface area contributed by atoms with E-state index in [-0.39, 0.29) is 30.5 Å². The molecule has 0 radical (unpaired) electrons. The quantitative estimate of drug-likeness (QED) is 0.880. The Morgan fingerprint density at radius 3 is 2.05 bits per heavy atom. The highest BCUT2D eigenvalue weighted by atomic mass is 35.5. The molecule has 0 fully saturated rings. The lowest BCUT2D eigenvalue weighted by Crippen LogP contribution is -2.32. The number of ether oxygens (including phenoxy) is 1. The number of aliphatic hydroxyl groups is 1. The Kier molecular flexibility index (Phi) is 6.21. The summed E-state index contributed by atoms with van der Waals surface area (Å²) in [6, 6.07) is 17.1. The third-order valence-corrected chi connectivity index (χ3v) is 3.47. The predicted molar refractivity (Wildman–Crippen MR) is 88.0 cm³/mol. The van der Waals surface area contributed by atoms with Gasteiger partial charge in [0, 0.05) is 18.1 Å². The fourth-order valence-corrected chi connectivity index (χ4v) is 1.92. The molecule has 0 aliphatic carbocycles. The van der Waals surface area contributed by atoms with Crippen LogP contribution in [0.3, 0.4) is 0 Å². The molecule has 1 atom stereocenters. The largest absolute Gasteiger partial charge is 0.457 e. The second-order valence-electron chi connectivity index (χ2n) is 5.61. The van der Waals surface area contributed by atoms with Crippen molar-refractivity contribution in [3.8, 4) is 11.5 Å². The summed E-state index contributed by atoms with van der Waals surface area (Å²) < 4.78 is 5.73. The van der Waals surface area contributed by atoms with Crippen LogP contribution in [0.15, 0.2) is 54.6 Å². The third kappa shape index (κ3) is 4.46. The van der Waals surface area contributed by atoms with Gasteiger partial charge < -0.3 is 15.6 Å². The van der Waals surface area contributed by atoms with Crippen molar-refractivity contribution in [2.45, 2.75) is 19.9 Å². The minimum absolute atomic E-state index is 0. The van der Waals surface area contributed by atoms with Gasteiger partial charge in [-0.25, -0.2) is 0 Å². The molecule has 0 aliphatic rings.